The number of nitrogens with zero attached hydrogens (tertiary/aromatic N) is 1. The highest BCUT2D eigenvalue weighted by molar-refractivity contribution is 5.82. The zero-order valence-corrected chi connectivity index (χ0v) is 15.2. The SMILES string of the molecule is CC.CC.CC.CC(=O)C1C[C@]2(CN1C)CC21CCC1. The summed E-state index contributed by atoms with van der Waals surface area (Å²) in [6.07, 6.45) is 6.86. The van der Waals surface area contributed by atoms with Crippen molar-refractivity contribution in [1.82, 2.24) is 4.90 Å². The van der Waals surface area contributed by atoms with E-state index >= 15 is 0 Å². The van der Waals surface area contributed by atoms with Crippen molar-refractivity contribution in [2.45, 2.75) is 86.6 Å². The summed E-state index contributed by atoms with van der Waals surface area (Å²) >= 11 is 0. The molecule has 0 aromatic carbocycles. The maximum Gasteiger partial charge on any atom is 0.146 e. The first-order valence-corrected chi connectivity index (χ1v) is 8.79. The minimum Gasteiger partial charge on any atom is -0.298 e. The van der Waals surface area contributed by atoms with Gasteiger partial charge in [0.1, 0.15) is 5.78 Å². The highest BCUT2D eigenvalue weighted by Crippen LogP contribution is 2.77. The molecule has 0 radical (unpaired) electrons. The standard InChI is InChI=1S/C12H19NO.3C2H6/c1-9(14)10-6-12(8-13(10)2)7-11(12)4-3-5-11;3*1-2/h10H,3-8H2,1-2H3;3*1-2H3/t10?,12-;;;/m1.../s1. The third-order valence-electron chi connectivity index (χ3n) is 5.12. The molecule has 1 heterocycles. The van der Waals surface area contributed by atoms with Crippen LogP contribution in [0.4, 0.5) is 0 Å². The molecule has 2 saturated carbocycles. The fourth-order valence-electron chi connectivity index (χ4n) is 4.06. The second-order valence-electron chi connectivity index (χ2n) is 5.84. The Bertz CT molecular complexity index is 296. The Morgan fingerprint density at radius 3 is 1.75 bits per heavy atom. The van der Waals surface area contributed by atoms with Gasteiger partial charge >= 0.3 is 0 Å². The maximum absolute atomic E-state index is 11.4. The Balaban J connectivity index is 0.000000538. The molecular weight excluding hydrogens is 246 g/mol. The van der Waals surface area contributed by atoms with Crippen LogP contribution in [0, 0.1) is 10.8 Å². The Hall–Kier alpha value is -0.370. The fourth-order valence-corrected chi connectivity index (χ4v) is 4.06. The van der Waals surface area contributed by atoms with Gasteiger partial charge in [0.15, 0.2) is 0 Å². The van der Waals surface area contributed by atoms with Crippen LogP contribution < -0.4 is 0 Å². The van der Waals surface area contributed by atoms with E-state index in [4.69, 9.17) is 0 Å². The molecule has 0 amide bonds. The fraction of sp³-hybridized carbons (Fsp3) is 0.944. The summed E-state index contributed by atoms with van der Waals surface area (Å²) in [5.41, 5.74) is 1.27. The molecule has 1 saturated heterocycles. The van der Waals surface area contributed by atoms with Gasteiger partial charge in [-0.15, -0.1) is 0 Å². The van der Waals surface area contributed by atoms with Gasteiger partial charge in [0.05, 0.1) is 6.04 Å². The molecule has 3 rings (SSSR count). The van der Waals surface area contributed by atoms with Crippen LogP contribution in [0.5, 0.6) is 0 Å². The van der Waals surface area contributed by atoms with E-state index in [9.17, 15) is 4.79 Å². The number of hydrogen-bond acceptors (Lipinski definition) is 2. The van der Waals surface area contributed by atoms with Crippen molar-refractivity contribution in [3.05, 3.63) is 0 Å². The lowest BCUT2D eigenvalue weighted by molar-refractivity contribution is -0.120. The molecule has 2 spiro atoms. The van der Waals surface area contributed by atoms with E-state index in [0.29, 0.717) is 16.6 Å². The van der Waals surface area contributed by atoms with E-state index in [1.165, 1.54) is 32.2 Å². The largest absolute Gasteiger partial charge is 0.298 e. The van der Waals surface area contributed by atoms with Crippen molar-refractivity contribution in [2.24, 2.45) is 10.8 Å². The minimum absolute atomic E-state index is 0.231. The summed E-state index contributed by atoms with van der Waals surface area (Å²) in [6, 6.07) is 0.231. The molecule has 120 valence electrons. The predicted molar refractivity (Wildman–Crippen MR) is 89.1 cm³/mol. The summed E-state index contributed by atoms with van der Waals surface area (Å²) in [5, 5.41) is 0. The van der Waals surface area contributed by atoms with Crippen LogP contribution in [0.3, 0.4) is 0 Å². The van der Waals surface area contributed by atoms with Crippen molar-refractivity contribution in [3.63, 3.8) is 0 Å². The lowest BCUT2D eigenvalue weighted by atomic mass is 9.74. The maximum atomic E-state index is 11.4. The average molecular weight is 284 g/mol. The molecule has 20 heavy (non-hydrogen) atoms. The molecule has 2 atom stereocenters. The molecule has 2 aliphatic carbocycles. The number of Topliss-reactive ketones (excluding diaryl/α,β-unsaturated/α-hetero) is 1. The normalized spacial score (nSPS) is 31.9. The Labute approximate surface area is 127 Å². The Morgan fingerprint density at radius 1 is 1.00 bits per heavy atom. The van der Waals surface area contributed by atoms with Crippen LogP contribution in [0.2, 0.25) is 0 Å². The molecule has 2 heteroatoms. The lowest BCUT2D eigenvalue weighted by Crippen LogP contribution is -2.31. The van der Waals surface area contributed by atoms with E-state index < -0.39 is 0 Å². The zero-order valence-electron chi connectivity index (χ0n) is 15.2. The van der Waals surface area contributed by atoms with Crippen LogP contribution in [0.15, 0.2) is 0 Å². The molecule has 1 unspecified atom stereocenters. The topological polar surface area (TPSA) is 20.3 Å². The van der Waals surface area contributed by atoms with Gasteiger partial charge < -0.3 is 0 Å². The van der Waals surface area contributed by atoms with E-state index in [0.717, 1.165) is 6.42 Å². The Morgan fingerprint density at radius 2 is 1.50 bits per heavy atom. The minimum atomic E-state index is 0.231. The molecule has 0 aromatic heterocycles. The summed E-state index contributed by atoms with van der Waals surface area (Å²) in [4.78, 5) is 13.7. The number of likely N-dealkylation sites (tertiary alicyclic amines) is 1. The van der Waals surface area contributed by atoms with Crippen LogP contribution >= 0.6 is 0 Å². The Kier molecular flexibility index (Phi) is 8.01. The molecule has 0 bridgehead atoms. The smallest absolute Gasteiger partial charge is 0.146 e. The van der Waals surface area contributed by atoms with E-state index in [1.807, 2.05) is 41.5 Å². The quantitative estimate of drug-likeness (QED) is 0.681. The van der Waals surface area contributed by atoms with E-state index in [1.54, 1.807) is 6.92 Å². The second-order valence-corrected chi connectivity index (χ2v) is 5.84. The van der Waals surface area contributed by atoms with Crippen molar-refractivity contribution in [2.75, 3.05) is 13.6 Å². The van der Waals surface area contributed by atoms with Gasteiger partial charge in [-0.05, 0) is 50.5 Å². The third kappa shape index (κ3) is 3.27. The number of likely N-dealkylation sites (N-methyl/N-ethyl adjacent to an activating group) is 1. The second kappa shape index (κ2) is 8.17. The van der Waals surface area contributed by atoms with E-state index in [-0.39, 0.29) is 6.04 Å². The van der Waals surface area contributed by atoms with Crippen molar-refractivity contribution >= 4 is 5.78 Å². The number of fused-ring (bicyclic) bond motifs is 1. The zero-order chi connectivity index (χ0) is 16.0. The summed E-state index contributed by atoms with van der Waals surface area (Å²) < 4.78 is 0. The van der Waals surface area contributed by atoms with Crippen molar-refractivity contribution in [1.29, 1.82) is 0 Å². The van der Waals surface area contributed by atoms with Gasteiger partial charge in [-0.25, -0.2) is 0 Å². The number of carbonyl (C=O) groups is 1. The number of carbonyl (C=O) groups excluding carboxylic acids is 1. The molecule has 2 nitrogen and oxygen atoms in total. The van der Waals surface area contributed by atoms with E-state index in [2.05, 4.69) is 11.9 Å². The highest BCUT2D eigenvalue weighted by atomic mass is 16.1. The van der Waals surface area contributed by atoms with Crippen molar-refractivity contribution in [3.8, 4) is 0 Å². The van der Waals surface area contributed by atoms with Gasteiger partial charge in [-0.3, -0.25) is 9.69 Å². The molecule has 0 aromatic rings. The predicted octanol–water partition coefficient (Wildman–Crippen LogP) is 4.92. The van der Waals surface area contributed by atoms with Gasteiger partial charge in [-0.2, -0.15) is 0 Å². The average Bonchev–Trinajstić information content (AvgIpc) is 2.98. The molecule has 3 fully saturated rings. The lowest BCUT2D eigenvalue weighted by Gasteiger charge is -2.30. The molecule has 0 N–H and O–H groups in total. The summed E-state index contributed by atoms with van der Waals surface area (Å²) in [5.74, 6) is 0.366. The highest BCUT2D eigenvalue weighted by Gasteiger charge is 2.71. The van der Waals surface area contributed by atoms with Crippen LogP contribution in [-0.4, -0.2) is 30.3 Å². The number of ketones is 1. The summed E-state index contributed by atoms with van der Waals surface area (Å²) in [7, 11) is 2.12. The monoisotopic (exact) mass is 283 g/mol. The molecule has 3 aliphatic rings. The van der Waals surface area contributed by atoms with Crippen LogP contribution in [-0.2, 0) is 4.79 Å². The first kappa shape index (κ1) is 19.6. The third-order valence-corrected chi connectivity index (χ3v) is 5.12. The van der Waals surface area contributed by atoms with Gasteiger partial charge in [-0.1, -0.05) is 48.0 Å². The van der Waals surface area contributed by atoms with Gasteiger partial charge in [0, 0.05) is 6.54 Å². The van der Waals surface area contributed by atoms with Crippen LogP contribution in [0.25, 0.3) is 0 Å². The van der Waals surface area contributed by atoms with Gasteiger partial charge in [0.25, 0.3) is 0 Å². The molecule has 1 aliphatic heterocycles. The first-order chi connectivity index (χ1) is 9.59. The number of hydrogen-bond donors (Lipinski definition) is 0. The first-order valence-electron chi connectivity index (χ1n) is 8.79. The van der Waals surface area contributed by atoms with Gasteiger partial charge in [0.2, 0.25) is 0 Å². The van der Waals surface area contributed by atoms with Crippen LogP contribution in [0.1, 0.15) is 80.6 Å². The summed E-state index contributed by atoms with van der Waals surface area (Å²) in [6.45, 7) is 14.9. The number of rotatable bonds is 1. The van der Waals surface area contributed by atoms with Crippen molar-refractivity contribution < 1.29 is 4.79 Å². The molecular formula is C18H37NO.